The first-order chi connectivity index (χ1) is 9.16. The van der Waals surface area contributed by atoms with Crippen molar-refractivity contribution in [3.8, 4) is 0 Å². The van der Waals surface area contributed by atoms with E-state index in [1.165, 1.54) is 49.8 Å². The Labute approximate surface area is 116 Å². The predicted octanol–water partition coefficient (Wildman–Crippen LogP) is 3.21. The molecule has 4 unspecified atom stereocenters. The Morgan fingerprint density at radius 2 is 2.05 bits per heavy atom. The summed E-state index contributed by atoms with van der Waals surface area (Å²) in [5.41, 5.74) is 2.90. The van der Waals surface area contributed by atoms with Gasteiger partial charge >= 0.3 is 0 Å². The first-order valence-corrected chi connectivity index (χ1v) is 7.93. The maximum Gasteiger partial charge on any atom is 0.0540 e. The highest BCUT2D eigenvalue weighted by atomic mass is 15.3. The summed E-state index contributed by atoms with van der Waals surface area (Å²) < 4.78 is 2.07. The van der Waals surface area contributed by atoms with Crippen LogP contribution < -0.4 is 5.32 Å². The van der Waals surface area contributed by atoms with E-state index in [4.69, 9.17) is 0 Å². The molecule has 1 aromatic rings. The molecule has 106 valence electrons. The molecule has 1 aromatic heterocycles. The molecular weight excluding hydrogens is 234 g/mol. The summed E-state index contributed by atoms with van der Waals surface area (Å²) in [6.07, 6.45) is 9.98. The summed E-state index contributed by atoms with van der Waals surface area (Å²) in [7, 11) is 2.08. The van der Waals surface area contributed by atoms with Crippen LogP contribution in [0.2, 0.25) is 0 Å². The van der Waals surface area contributed by atoms with Crippen molar-refractivity contribution in [2.24, 2.45) is 18.9 Å². The zero-order chi connectivity index (χ0) is 13.4. The Morgan fingerprint density at radius 3 is 2.89 bits per heavy atom. The molecule has 0 amide bonds. The standard InChI is InChI=1S/C16H27N3/c1-11-6-4-7-14(12(11)2)18-15-8-5-9-16-13(15)10-17-19(16)3/h10-12,14-15,18H,4-9H2,1-3H3. The van der Waals surface area contributed by atoms with Crippen LogP contribution in [-0.2, 0) is 13.5 Å². The number of hydrogen-bond acceptors (Lipinski definition) is 2. The van der Waals surface area contributed by atoms with Crippen molar-refractivity contribution >= 4 is 0 Å². The number of aromatic nitrogens is 2. The lowest BCUT2D eigenvalue weighted by molar-refractivity contribution is 0.189. The van der Waals surface area contributed by atoms with E-state index in [1.54, 1.807) is 0 Å². The molecule has 0 aliphatic heterocycles. The van der Waals surface area contributed by atoms with Gasteiger partial charge in [-0.1, -0.05) is 26.7 Å². The van der Waals surface area contributed by atoms with Gasteiger partial charge in [0.05, 0.1) is 6.20 Å². The molecule has 0 spiro atoms. The number of rotatable bonds is 2. The molecule has 1 heterocycles. The number of hydrogen-bond donors (Lipinski definition) is 1. The van der Waals surface area contributed by atoms with Gasteiger partial charge in [-0.05, 0) is 37.5 Å². The molecule has 0 bridgehead atoms. The van der Waals surface area contributed by atoms with Crippen molar-refractivity contribution in [3.05, 3.63) is 17.5 Å². The summed E-state index contributed by atoms with van der Waals surface area (Å²) in [6.45, 7) is 4.84. The molecule has 0 radical (unpaired) electrons. The lowest BCUT2D eigenvalue weighted by atomic mass is 9.77. The van der Waals surface area contributed by atoms with Crippen LogP contribution in [0.3, 0.4) is 0 Å². The zero-order valence-corrected chi connectivity index (χ0v) is 12.5. The van der Waals surface area contributed by atoms with E-state index < -0.39 is 0 Å². The first-order valence-electron chi connectivity index (χ1n) is 7.93. The Balaban J connectivity index is 1.74. The highest BCUT2D eigenvalue weighted by molar-refractivity contribution is 5.24. The Bertz CT molecular complexity index is 437. The third-order valence-electron chi connectivity index (χ3n) is 5.50. The van der Waals surface area contributed by atoms with Crippen molar-refractivity contribution in [2.75, 3.05) is 0 Å². The van der Waals surface area contributed by atoms with Crippen molar-refractivity contribution in [3.63, 3.8) is 0 Å². The number of aryl methyl sites for hydroxylation is 1. The smallest absolute Gasteiger partial charge is 0.0540 e. The van der Waals surface area contributed by atoms with E-state index in [0.29, 0.717) is 12.1 Å². The highest BCUT2D eigenvalue weighted by Gasteiger charge is 2.31. The van der Waals surface area contributed by atoms with E-state index >= 15 is 0 Å². The summed E-state index contributed by atoms with van der Waals surface area (Å²) in [5, 5.41) is 8.41. The van der Waals surface area contributed by atoms with E-state index in [2.05, 4.69) is 42.2 Å². The first kappa shape index (κ1) is 13.2. The van der Waals surface area contributed by atoms with Gasteiger partial charge in [-0.3, -0.25) is 4.68 Å². The van der Waals surface area contributed by atoms with Crippen molar-refractivity contribution in [1.82, 2.24) is 15.1 Å². The molecule has 19 heavy (non-hydrogen) atoms. The van der Waals surface area contributed by atoms with E-state index in [1.807, 2.05) is 0 Å². The monoisotopic (exact) mass is 261 g/mol. The maximum atomic E-state index is 4.45. The molecule has 3 heteroatoms. The second kappa shape index (κ2) is 5.28. The molecule has 2 aliphatic rings. The number of nitrogens with zero attached hydrogens (tertiary/aromatic N) is 2. The van der Waals surface area contributed by atoms with Crippen LogP contribution in [0.4, 0.5) is 0 Å². The molecule has 1 saturated carbocycles. The topological polar surface area (TPSA) is 29.9 Å². The normalized spacial score (nSPS) is 35.1. The van der Waals surface area contributed by atoms with Gasteiger partial charge in [-0.25, -0.2) is 0 Å². The maximum absolute atomic E-state index is 4.45. The van der Waals surface area contributed by atoms with Gasteiger partial charge in [0, 0.05) is 30.4 Å². The van der Waals surface area contributed by atoms with Gasteiger partial charge < -0.3 is 5.32 Å². The fourth-order valence-corrected chi connectivity index (χ4v) is 3.95. The predicted molar refractivity (Wildman–Crippen MR) is 78.0 cm³/mol. The summed E-state index contributed by atoms with van der Waals surface area (Å²) in [4.78, 5) is 0. The third-order valence-corrected chi connectivity index (χ3v) is 5.50. The number of fused-ring (bicyclic) bond motifs is 1. The minimum Gasteiger partial charge on any atom is -0.307 e. The quantitative estimate of drug-likeness (QED) is 0.886. The van der Waals surface area contributed by atoms with Gasteiger partial charge in [0.1, 0.15) is 0 Å². The summed E-state index contributed by atoms with van der Waals surface area (Å²) >= 11 is 0. The molecule has 0 saturated heterocycles. The SMILES string of the molecule is CC1CCCC(NC2CCCc3c2cnn3C)C1C. The van der Waals surface area contributed by atoms with Crippen LogP contribution in [-0.4, -0.2) is 15.8 Å². The summed E-state index contributed by atoms with van der Waals surface area (Å²) in [6, 6.07) is 1.23. The second-order valence-electron chi connectivity index (χ2n) is 6.66. The van der Waals surface area contributed by atoms with E-state index in [-0.39, 0.29) is 0 Å². The molecule has 3 rings (SSSR count). The van der Waals surface area contributed by atoms with Crippen LogP contribution in [0, 0.1) is 11.8 Å². The van der Waals surface area contributed by atoms with Crippen LogP contribution >= 0.6 is 0 Å². The minimum atomic E-state index is 0.537. The molecule has 3 nitrogen and oxygen atoms in total. The van der Waals surface area contributed by atoms with E-state index in [0.717, 1.165) is 11.8 Å². The number of nitrogens with one attached hydrogen (secondary N) is 1. The lowest BCUT2D eigenvalue weighted by Crippen LogP contribution is -2.43. The van der Waals surface area contributed by atoms with Gasteiger partial charge in [0.15, 0.2) is 0 Å². The molecule has 4 atom stereocenters. The Hall–Kier alpha value is -0.830. The highest BCUT2D eigenvalue weighted by Crippen LogP contribution is 2.34. The Morgan fingerprint density at radius 1 is 1.21 bits per heavy atom. The lowest BCUT2D eigenvalue weighted by Gasteiger charge is -2.38. The molecule has 0 aromatic carbocycles. The minimum absolute atomic E-state index is 0.537. The van der Waals surface area contributed by atoms with Crippen molar-refractivity contribution in [1.29, 1.82) is 0 Å². The van der Waals surface area contributed by atoms with Crippen LogP contribution in [0.25, 0.3) is 0 Å². The van der Waals surface area contributed by atoms with Crippen LogP contribution in [0.15, 0.2) is 6.20 Å². The Kier molecular flexibility index (Phi) is 3.66. The van der Waals surface area contributed by atoms with Gasteiger partial charge in [-0.2, -0.15) is 5.10 Å². The average molecular weight is 261 g/mol. The van der Waals surface area contributed by atoms with Gasteiger partial charge in [0.2, 0.25) is 0 Å². The fourth-order valence-electron chi connectivity index (χ4n) is 3.95. The van der Waals surface area contributed by atoms with Gasteiger partial charge in [-0.15, -0.1) is 0 Å². The van der Waals surface area contributed by atoms with Crippen LogP contribution in [0.5, 0.6) is 0 Å². The van der Waals surface area contributed by atoms with Gasteiger partial charge in [0.25, 0.3) is 0 Å². The largest absolute Gasteiger partial charge is 0.307 e. The zero-order valence-electron chi connectivity index (χ0n) is 12.5. The molecule has 1 fully saturated rings. The molecule has 2 aliphatic carbocycles. The molecule has 1 N–H and O–H groups in total. The summed E-state index contributed by atoms with van der Waals surface area (Å²) in [5.74, 6) is 1.67. The van der Waals surface area contributed by atoms with Crippen LogP contribution in [0.1, 0.15) is 63.3 Å². The second-order valence-corrected chi connectivity index (χ2v) is 6.66. The third kappa shape index (κ3) is 2.45. The average Bonchev–Trinajstić information content (AvgIpc) is 2.78. The fraction of sp³-hybridized carbons (Fsp3) is 0.812. The van der Waals surface area contributed by atoms with Crippen molar-refractivity contribution < 1.29 is 0 Å². The molecular formula is C16H27N3. The van der Waals surface area contributed by atoms with Crippen molar-refractivity contribution in [2.45, 2.75) is 64.5 Å². The van der Waals surface area contributed by atoms with E-state index in [9.17, 15) is 0 Å².